The Hall–Kier alpha value is -3.77. The highest BCUT2D eigenvalue weighted by molar-refractivity contribution is 5.78. The average molecular weight is 414 g/mol. The zero-order valence-electron chi connectivity index (χ0n) is 14.8. The molecule has 2 rings (SSSR count). The standard InChI is InChI=1S/C16H13F3N4O6/c1-2-7-20(10-3-5-11(6-4-10)21(24)25)15-13(16(17,18)19)8-12(22(26)27)9-14(15)23(28)29/h3-6,8-9H,2,7H2,1H3. The molecule has 0 atom stereocenters. The average Bonchev–Trinajstić information content (AvgIpc) is 2.64. The van der Waals surface area contributed by atoms with Gasteiger partial charge in [-0.2, -0.15) is 13.2 Å². The number of alkyl halides is 3. The lowest BCUT2D eigenvalue weighted by Crippen LogP contribution is -2.23. The minimum Gasteiger partial charge on any atom is -0.335 e. The molecule has 29 heavy (non-hydrogen) atoms. The molecule has 0 spiro atoms. The maximum Gasteiger partial charge on any atom is 0.418 e. The van der Waals surface area contributed by atoms with Crippen LogP contribution in [0.5, 0.6) is 0 Å². The van der Waals surface area contributed by atoms with Crippen molar-refractivity contribution in [1.29, 1.82) is 0 Å². The van der Waals surface area contributed by atoms with E-state index in [-0.39, 0.29) is 30.4 Å². The third-order valence-electron chi connectivity index (χ3n) is 3.88. The number of nitro groups is 3. The van der Waals surface area contributed by atoms with Gasteiger partial charge in [0, 0.05) is 30.4 Å². The largest absolute Gasteiger partial charge is 0.418 e. The van der Waals surface area contributed by atoms with Crippen LogP contribution in [0.15, 0.2) is 36.4 Å². The van der Waals surface area contributed by atoms with E-state index in [4.69, 9.17) is 0 Å². The van der Waals surface area contributed by atoms with E-state index in [0.717, 1.165) is 29.2 Å². The van der Waals surface area contributed by atoms with Gasteiger partial charge in [-0.25, -0.2) is 0 Å². The Bertz CT molecular complexity index is 962. The van der Waals surface area contributed by atoms with Gasteiger partial charge in [-0.05, 0) is 18.6 Å². The van der Waals surface area contributed by atoms with E-state index in [1.165, 1.54) is 0 Å². The summed E-state index contributed by atoms with van der Waals surface area (Å²) in [5.74, 6) is 0. The molecule has 0 saturated heterocycles. The maximum atomic E-state index is 13.7. The maximum absolute atomic E-state index is 13.7. The molecule has 0 aliphatic rings. The van der Waals surface area contributed by atoms with Crippen LogP contribution in [0.4, 0.5) is 41.6 Å². The summed E-state index contributed by atoms with van der Waals surface area (Å²) in [5, 5.41) is 33.2. The molecule has 13 heteroatoms. The minimum atomic E-state index is -5.13. The molecular weight excluding hydrogens is 401 g/mol. The topological polar surface area (TPSA) is 133 Å². The number of nitro benzene ring substituents is 3. The van der Waals surface area contributed by atoms with Crippen molar-refractivity contribution in [2.75, 3.05) is 11.4 Å². The number of hydrogen-bond acceptors (Lipinski definition) is 7. The lowest BCUT2D eigenvalue weighted by atomic mass is 10.1. The molecule has 0 fully saturated rings. The van der Waals surface area contributed by atoms with Gasteiger partial charge < -0.3 is 4.90 Å². The van der Waals surface area contributed by atoms with E-state index in [2.05, 4.69) is 0 Å². The monoisotopic (exact) mass is 414 g/mol. The fourth-order valence-corrected chi connectivity index (χ4v) is 2.70. The molecule has 2 aromatic carbocycles. The number of benzene rings is 2. The summed E-state index contributed by atoms with van der Waals surface area (Å²) in [5.41, 5.74) is -4.89. The Kier molecular flexibility index (Phi) is 6.00. The number of hydrogen-bond donors (Lipinski definition) is 0. The zero-order valence-corrected chi connectivity index (χ0v) is 14.8. The predicted molar refractivity (Wildman–Crippen MR) is 95.1 cm³/mol. The third kappa shape index (κ3) is 4.56. The van der Waals surface area contributed by atoms with Crippen molar-refractivity contribution in [2.45, 2.75) is 19.5 Å². The normalized spacial score (nSPS) is 11.2. The van der Waals surface area contributed by atoms with Crippen LogP contribution in [0.1, 0.15) is 18.9 Å². The van der Waals surface area contributed by atoms with Crippen LogP contribution in [0.25, 0.3) is 0 Å². The lowest BCUT2D eigenvalue weighted by Gasteiger charge is -2.27. The quantitative estimate of drug-likeness (QED) is 0.461. The van der Waals surface area contributed by atoms with Gasteiger partial charge in [0.05, 0.1) is 26.4 Å². The Morgan fingerprint density at radius 3 is 1.86 bits per heavy atom. The van der Waals surface area contributed by atoms with Gasteiger partial charge in [0.15, 0.2) is 0 Å². The van der Waals surface area contributed by atoms with Crippen LogP contribution in [0, 0.1) is 30.3 Å². The van der Waals surface area contributed by atoms with Crippen LogP contribution in [-0.4, -0.2) is 21.3 Å². The van der Waals surface area contributed by atoms with Gasteiger partial charge >= 0.3 is 6.18 Å². The summed E-state index contributed by atoms with van der Waals surface area (Å²) >= 11 is 0. The molecule has 0 N–H and O–H groups in total. The summed E-state index contributed by atoms with van der Waals surface area (Å²) in [7, 11) is 0. The fraction of sp³-hybridized carbons (Fsp3) is 0.250. The molecule has 0 saturated carbocycles. The van der Waals surface area contributed by atoms with E-state index in [1.807, 2.05) is 0 Å². The Morgan fingerprint density at radius 1 is 0.897 bits per heavy atom. The first-order valence-electron chi connectivity index (χ1n) is 8.03. The van der Waals surface area contributed by atoms with E-state index >= 15 is 0 Å². The Labute approximate surface area is 160 Å². The van der Waals surface area contributed by atoms with Gasteiger partial charge in [-0.3, -0.25) is 30.3 Å². The summed E-state index contributed by atoms with van der Waals surface area (Å²) in [6, 6.07) is 5.08. The molecule has 0 aliphatic heterocycles. The van der Waals surface area contributed by atoms with Crippen molar-refractivity contribution in [2.24, 2.45) is 0 Å². The van der Waals surface area contributed by atoms with Gasteiger partial charge in [0.2, 0.25) is 0 Å². The molecule has 0 aromatic heterocycles. The summed E-state index contributed by atoms with van der Waals surface area (Å²) in [6.45, 7) is 1.50. The first-order chi connectivity index (χ1) is 13.5. The molecule has 0 heterocycles. The molecule has 0 aliphatic carbocycles. The summed E-state index contributed by atoms with van der Waals surface area (Å²) in [6.07, 6.45) is -4.86. The molecule has 0 amide bonds. The van der Waals surface area contributed by atoms with Crippen molar-refractivity contribution >= 4 is 28.4 Å². The second-order valence-corrected chi connectivity index (χ2v) is 5.80. The molecule has 2 aromatic rings. The predicted octanol–water partition coefficient (Wildman–Crippen LogP) is 4.98. The number of nitrogens with zero attached hydrogens (tertiary/aromatic N) is 4. The second kappa shape index (κ2) is 8.08. The van der Waals surface area contributed by atoms with Crippen LogP contribution >= 0.6 is 0 Å². The number of non-ortho nitro benzene ring substituents is 2. The molecule has 0 bridgehead atoms. The van der Waals surface area contributed by atoms with Crippen LogP contribution in [0.3, 0.4) is 0 Å². The molecule has 10 nitrogen and oxygen atoms in total. The zero-order chi connectivity index (χ0) is 21.9. The smallest absolute Gasteiger partial charge is 0.335 e. The third-order valence-corrected chi connectivity index (χ3v) is 3.88. The van der Waals surface area contributed by atoms with Gasteiger partial charge in [0.1, 0.15) is 5.69 Å². The Balaban J connectivity index is 2.82. The first-order valence-corrected chi connectivity index (χ1v) is 8.03. The molecular formula is C16H13F3N4O6. The summed E-state index contributed by atoms with van der Waals surface area (Å²) < 4.78 is 41.0. The van der Waals surface area contributed by atoms with E-state index in [0.29, 0.717) is 6.07 Å². The number of rotatable bonds is 7. The van der Waals surface area contributed by atoms with Crippen molar-refractivity contribution in [3.8, 4) is 0 Å². The molecule has 154 valence electrons. The highest BCUT2D eigenvalue weighted by atomic mass is 19.4. The van der Waals surface area contributed by atoms with Crippen LogP contribution in [0.2, 0.25) is 0 Å². The lowest BCUT2D eigenvalue weighted by molar-refractivity contribution is -0.394. The number of halogens is 3. The van der Waals surface area contributed by atoms with Crippen LogP contribution in [-0.2, 0) is 6.18 Å². The van der Waals surface area contributed by atoms with Crippen molar-refractivity contribution in [3.05, 3.63) is 72.3 Å². The van der Waals surface area contributed by atoms with Crippen LogP contribution < -0.4 is 4.90 Å². The Morgan fingerprint density at radius 2 is 1.45 bits per heavy atom. The van der Waals surface area contributed by atoms with Gasteiger partial charge in [-0.15, -0.1) is 0 Å². The fourth-order valence-electron chi connectivity index (χ4n) is 2.70. The highest BCUT2D eigenvalue weighted by Crippen LogP contribution is 2.46. The minimum absolute atomic E-state index is 0.0277. The van der Waals surface area contributed by atoms with Crippen molar-refractivity contribution in [1.82, 2.24) is 0 Å². The van der Waals surface area contributed by atoms with Gasteiger partial charge in [-0.1, -0.05) is 6.92 Å². The highest BCUT2D eigenvalue weighted by Gasteiger charge is 2.41. The summed E-state index contributed by atoms with van der Waals surface area (Å²) in [4.78, 5) is 31.2. The van der Waals surface area contributed by atoms with E-state index in [9.17, 15) is 43.5 Å². The van der Waals surface area contributed by atoms with Crippen molar-refractivity contribution < 1.29 is 27.9 Å². The second-order valence-electron chi connectivity index (χ2n) is 5.80. The SMILES string of the molecule is CCCN(c1ccc([N+](=O)[O-])cc1)c1c([N+](=O)[O-])cc([N+](=O)[O-])cc1C(F)(F)F. The first kappa shape index (κ1) is 21.5. The van der Waals surface area contributed by atoms with Gasteiger partial charge in [0.25, 0.3) is 17.1 Å². The van der Waals surface area contributed by atoms with Crippen molar-refractivity contribution in [3.63, 3.8) is 0 Å². The number of anilines is 2. The molecule has 0 radical (unpaired) electrons. The van der Waals surface area contributed by atoms with E-state index < -0.39 is 43.6 Å². The van der Waals surface area contributed by atoms with E-state index in [1.54, 1.807) is 6.92 Å². The molecule has 0 unspecified atom stereocenters.